The first-order valence-electron chi connectivity index (χ1n) is 7.40. The van der Waals surface area contributed by atoms with E-state index in [2.05, 4.69) is 15.3 Å². The van der Waals surface area contributed by atoms with Crippen molar-refractivity contribution in [2.75, 3.05) is 12.5 Å². The van der Waals surface area contributed by atoms with Crippen LogP contribution in [-0.4, -0.2) is 60.3 Å². The van der Waals surface area contributed by atoms with Crippen molar-refractivity contribution in [2.45, 2.75) is 6.92 Å². The second-order valence-electron chi connectivity index (χ2n) is 5.50. The molecule has 0 unspecified atom stereocenters. The molecular formula is C14H19Cl2N5O7S2. The van der Waals surface area contributed by atoms with Crippen molar-refractivity contribution in [2.24, 2.45) is 5.73 Å². The van der Waals surface area contributed by atoms with Gasteiger partial charge >= 0.3 is 0 Å². The molecule has 12 nitrogen and oxygen atoms in total. The fourth-order valence-electron chi connectivity index (χ4n) is 1.67. The molecule has 1 aromatic heterocycles. The van der Waals surface area contributed by atoms with E-state index in [9.17, 15) is 21.6 Å². The molecule has 1 amide bonds. The molecule has 1 heterocycles. The number of nitrogens with zero attached hydrogens (tertiary/aromatic N) is 1. The Morgan fingerprint density at radius 2 is 1.63 bits per heavy atom. The maximum atomic E-state index is 11.8. The van der Waals surface area contributed by atoms with Crippen LogP contribution in [-0.2, 0) is 20.2 Å². The molecule has 1 aromatic carbocycles. The van der Waals surface area contributed by atoms with Crippen molar-refractivity contribution in [1.82, 2.24) is 15.3 Å². The van der Waals surface area contributed by atoms with Gasteiger partial charge in [0, 0.05) is 10.6 Å². The number of hydrogen-bond acceptors (Lipinski definition) is 7. The molecule has 2 rings (SSSR count). The lowest BCUT2D eigenvalue weighted by molar-refractivity contribution is 0.0971. The molecule has 16 heteroatoms. The monoisotopic (exact) mass is 503 g/mol. The molecule has 0 aliphatic carbocycles. The Morgan fingerprint density at radius 1 is 1.17 bits per heavy atom. The smallest absolute Gasteiger partial charge is 0.276 e. The van der Waals surface area contributed by atoms with Crippen LogP contribution in [0.3, 0.4) is 0 Å². The summed E-state index contributed by atoms with van der Waals surface area (Å²) in [5, 5.41) is 10.2. The Bertz CT molecular complexity index is 1090. The van der Waals surface area contributed by atoms with Gasteiger partial charge in [0.1, 0.15) is 11.5 Å². The molecule has 168 valence electrons. The lowest BCUT2D eigenvalue weighted by Gasteiger charge is -2.02. The van der Waals surface area contributed by atoms with Crippen molar-refractivity contribution >= 4 is 55.3 Å². The maximum absolute atomic E-state index is 11.8. The number of H-pyrrole nitrogens is 1. The first-order chi connectivity index (χ1) is 13.4. The summed E-state index contributed by atoms with van der Waals surface area (Å²) >= 11 is 12.0. The van der Waals surface area contributed by atoms with Crippen LogP contribution in [0.25, 0.3) is 11.4 Å². The first kappa shape index (κ1) is 27.8. The van der Waals surface area contributed by atoms with E-state index >= 15 is 0 Å². The number of rotatable bonds is 2. The Balaban J connectivity index is 0.000000702. The number of carbonyl (C=O) groups is 1. The van der Waals surface area contributed by atoms with E-state index in [1.54, 1.807) is 25.1 Å². The van der Waals surface area contributed by atoms with Crippen LogP contribution < -0.4 is 11.1 Å². The maximum Gasteiger partial charge on any atom is 0.276 e. The summed E-state index contributed by atoms with van der Waals surface area (Å²) in [6.45, 7) is 1.66. The molecule has 7 N–H and O–H groups in total. The number of benzene rings is 1. The number of nitrogens with one attached hydrogen (secondary N) is 3. The van der Waals surface area contributed by atoms with Gasteiger partial charge in [-0.15, -0.1) is 0 Å². The van der Waals surface area contributed by atoms with Gasteiger partial charge in [-0.2, -0.15) is 16.8 Å². The fraction of sp³-hybridized carbons (Fsp3) is 0.214. The lowest BCUT2D eigenvalue weighted by atomic mass is 10.2. The van der Waals surface area contributed by atoms with Gasteiger partial charge in [0.2, 0.25) is 0 Å². The van der Waals surface area contributed by atoms with Crippen LogP contribution in [0.4, 0.5) is 0 Å². The average molecular weight is 504 g/mol. The quantitative estimate of drug-likeness (QED) is 0.197. The highest BCUT2D eigenvalue weighted by Gasteiger charge is 2.17. The lowest BCUT2D eigenvalue weighted by Crippen LogP contribution is -2.36. The summed E-state index contributed by atoms with van der Waals surface area (Å²) < 4.78 is 51.7. The van der Waals surface area contributed by atoms with E-state index in [4.69, 9.17) is 43.5 Å². The predicted molar refractivity (Wildman–Crippen MR) is 113 cm³/mol. The summed E-state index contributed by atoms with van der Waals surface area (Å²) in [4.78, 5) is 18.9. The second-order valence-corrected chi connectivity index (χ2v) is 9.28. The van der Waals surface area contributed by atoms with Crippen LogP contribution in [0.2, 0.25) is 10.0 Å². The summed E-state index contributed by atoms with van der Waals surface area (Å²) in [6.07, 6.45) is 1.43. The predicted octanol–water partition coefficient (Wildman–Crippen LogP) is 1.32. The van der Waals surface area contributed by atoms with Crippen LogP contribution >= 0.6 is 23.2 Å². The van der Waals surface area contributed by atoms with E-state index in [1.807, 2.05) is 0 Å². The standard InChI is InChI=1S/C12H11Cl2N5O.2CH4O3S/c1-5-9(11(20)19-12(15)16)18-10(17-5)7-4-6(13)2-3-8(7)14;2*1-5(2,3)4/h2-4H,1H3,(H,17,18)(H4,15,16,19,20);2*1H3,(H,2,3,4). The van der Waals surface area contributed by atoms with Crippen LogP contribution in [0, 0.1) is 12.3 Å². The zero-order chi connectivity index (χ0) is 23.9. The summed E-state index contributed by atoms with van der Waals surface area (Å²) in [7, 11) is -7.33. The minimum atomic E-state index is -3.67. The van der Waals surface area contributed by atoms with Crippen molar-refractivity contribution in [1.29, 1.82) is 5.41 Å². The molecule has 0 radical (unpaired) electrons. The molecule has 30 heavy (non-hydrogen) atoms. The molecule has 0 atom stereocenters. The van der Waals surface area contributed by atoms with Gasteiger partial charge in [-0.1, -0.05) is 23.2 Å². The average Bonchev–Trinajstić information content (AvgIpc) is 2.87. The third kappa shape index (κ3) is 13.1. The third-order valence-electron chi connectivity index (χ3n) is 2.54. The highest BCUT2D eigenvalue weighted by Crippen LogP contribution is 2.29. The highest BCUT2D eigenvalue weighted by atomic mass is 35.5. The minimum absolute atomic E-state index is 0.214. The highest BCUT2D eigenvalue weighted by molar-refractivity contribution is 7.85. The molecular weight excluding hydrogens is 485 g/mol. The fourth-order valence-corrected chi connectivity index (χ4v) is 2.05. The topological polar surface area (TPSA) is 216 Å². The second kappa shape index (κ2) is 11.2. The number of aryl methyl sites for hydroxylation is 1. The van der Waals surface area contributed by atoms with Crippen molar-refractivity contribution < 1.29 is 30.7 Å². The summed E-state index contributed by atoms with van der Waals surface area (Å²) in [6, 6.07) is 4.95. The molecule has 2 aromatic rings. The van der Waals surface area contributed by atoms with Gasteiger partial charge in [-0.05, 0) is 25.1 Å². The van der Waals surface area contributed by atoms with E-state index in [1.165, 1.54) is 0 Å². The van der Waals surface area contributed by atoms with Gasteiger partial charge in [0.05, 0.1) is 23.2 Å². The number of carbonyl (C=O) groups excluding carboxylic acids is 1. The van der Waals surface area contributed by atoms with Crippen molar-refractivity contribution in [3.05, 3.63) is 39.6 Å². The van der Waals surface area contributed by atoms with E-state index < -0.39 is 32.1 Å². The zero-order valence-corrected chi connectivity index (χ0v) is 18.9. The van der Waals surface area contributed by atoms with Crippen molar-refractivity contribution in [3.63, 3.8) is 0 Å². The van der Waals surface area contributed by atoms with Gasteiger partial charge < -0.3 is 10.7 Å². The van der Waals surface area contributed by atoms with Gasteiger partial charge in [-0.25, -0.2) is 4.98 Å². The number of aromatic amines is 1. The number of hydrogen-bond donors (Lipinski definition) is 6. The molecule has 0 saturated heterocycles. The number of imidazole rings is 1. The SMILES string of the molecule is CS(=O)(=O)O.CS(=O)(=O)O.Cc1nc(-c2cc(Cl)ccc2Cl)[nH]c1C(=O)NC(=N)N. The first-order valence-corrected chi connectivity index (χ1v) is 11.9. The third-order valence-corrected chi connectivity index (χ3v) is 3.11. The van der Waals surface area contributed by atoms with E-state index in [-0.39, 0.29) is 5.69 Å². The largest absolute Gasteiger partial charge is 0.370 e. The van der Waals surface area contributed by atoms with Crippen LogP contribution in [0.5, 0.6) is 0 Å². The van der Waals surface area contributed by atoms with Gasteiger partial charge in [0.15, 0.2) is 5.96 Å². The zero-order valence-electron chi connectivity index (χ0n) is 15.8. The number of nitrogens with two attached hydrogens (primary N) is 1. The Labute approximate surface area is 182 Å². The molecule has 0 aliphatic heterocycles. The minimum Gasteiger partial charge on any atom is -0.370 e. The Hall–Kier alpha value is -2.23. The van der Waals surface area contributed by atoms with Crippen molar-refractivity contribution in [3.8, 4) is 11.4 Å². The molecule has 0 bridgehead atoms. The summed E-state index contributed by atoms with van der Waals surface area (Å²) in [5.74, 6) is -0.554. The number of halogens is 2. The molecule has 0 spiro atoms. The van der Waals surface area contributed by atoms with Gasteiger partial charge in [0.25, 0.3) is 26.1 Å². The number of aromatic nitrogens is 2. The Kier molecular flexibility index (Phi) is 10.4. The Morgan fingerprint density at radius 3 is 2.07 bits per heavy atom. The van der Waals surface area contributed by atoms with E-state index in [0.717, 1.165) is 0 Å². The normalized spacial score (nSPS) is 10.8. The van der Waals surface area contributed by atoms with E-state index in [0.29, 0.717) is 39.6 Å². The van der Waals surface area contributed by atoms with Crippen LogP contribution in [0.15, 0.2) is 18.2 Å². The van der Waals surface area contributed by atoms with Gasteiger partial charge in [-0.3, -0.25) is 24.6 Å². The molecule has 0 fully saturated rings. The molecule has 0 saturated carbocycles. The number of amides is 1. The van der Waals surface area contributed by atoms with Crippen LogP contribution in [0.1, 0.15) is 16.2 Å². The number of guanidine groups is 1. The summed E-state index contributed by atoms with van der Waals surface area (Å²) in [5.41, 5.74) is 6.39. The molecule has 0 aliphatic rings.